The van der Waals surface area contributed by atoms with Crippen LogP contribution < -0.4 is 4.90 Å². The molecule has 8 nitrogen and oxygen atoms in total. The van der Waals surface area contributed by atoms with Gasteiger partial charge in [0.05, 0.1) is 6.42 Å². The van der Waals surface area contributed by atoms with E-state index >= 15 is 0 Å². The second-order valence-electron chi connectivity index (χ2n) is 6.78. The van der Waals surface area contributed by atoms with Gasteiger partial charge in [0.25, 0.3) is 0 Å². The summed E-state index contributed by atoms with van der Waals surface area (Å²) in [5, 5.41) is 8.60. The fraction of sp³-hybridized carbons (Fsp3) is 0.421. The highest BCUT2D eigenvalue weighted by molar-refractivity contribution is 7.09. The Labute approximate surface area is 168 Å². The van der Waals surface area contributed by atoms with Crippen molar-refractivity contribution in [1.82, 2.24) is 29.0 Å². The SMILES string of the molecule is CCc1nsc(N2CCCN(C(=O)Cc3ccc(-n4cnnc4)cc3)CC2)n1. The normalized spacial score (nSPS) is 14.9. The largest absolute Gasteiger partial charge is 0.345 e. The summed E-state index contributed by atoms with van der Waals surface area (Å²) in [5.74, 6) is 1.07. The second kappa shape index (κ2) is 8.47. The van der Waals surface area contributed by atoms with Gasteiger partial charge in [-0.2, -0.15) is 4.37 Å². The van der Waals surface area contributed by atoms with Gasteiger partial charge >= 0.3 is 0 Å². The first-order chi connectivity index (χ1) is 13.7. The maximum absolute atomic E-state index is 12.8. The molecular formula is C19H23N7OS. The Kier molecular flexibility index (Phi) is 5.61. The molecule has 0 radical (unpaired) electrons. The van der Waals surface area contributed by atoms with Gasteiger partial charge in [0.1, 0.15) is 18.5 Å². The number of carbonyl (C=O) groups excluding carboxylic acids is 1. The third kappa shape index (κ3) is 4.19. The van der Waals surface area contributed by atoms with Crippen molar-refractivity contribution in [3.05, 3.63) is 48.3 Å². The Hall–Kier alpha value is -2.81. The molecule has 1 fully saturated rings. The fourth-order valence-corrected chi connectivity index (χ4v) is 4.08. The van der Waals surface area contributed by atoms with Crippen LogP contribution in [0.15, 0.2) is 36.9 Å². The summed E-state index contributed by atoms with van der Waals surface area (Å²) < 4.78 is 6.21. The molecule has 0 saturated carbocycles. The summed E-state index contributed by atoms with van der Waals surface area (Å²) >= 11 is 1.45. The van der Waals surface area contributed by atoms with Crippen molar-refractivity contribution in [3.8, 4) is 5.69 Å². The van der Waals surface area contributed by atoms with E-state index in [1.807, 2.05) is 33.7 Å². The van der Waals surface area contributed by atoms with Gasteiger partial charge in [0, 0.05) is 49.8 Å². The number of carbonyl (C=O) groups is 1. The van der Waals surface area contributed by atoms with E-state index in [1.54, 1.807) is 12.7 Å². The number of aryl methyl sites for hydroxylation is 1. The van der Waals surface area contributed by atoms with E-state index < -0.39 is 0 Å². The maximum Gasteiger partial charge on any atom is 0.227 e. The van der Waals surface area contributed by atoms with Crippen molar-refractivity contribution in [2.45, 2.75) is 26.2 Å². The van der Waals surface area contributed by atoms with Crippen LogP contribution in [-0.2, 0) is 17.6 Å². The van der Waals surface area contributed by atoms with Crippen LogP contribution in [0.3, 0.4) is 0 Å². The Morgan fingerprint density at radius 3 is 2.57 bits per heavy atom. The van der Waals surface area contributed by atoms with Crippen molar-refractivity contribution < 1.29 is 4.79 Å². The van der Waals surface area contributed by atoms with Crippen LogP contribution in [0.1, 0.15) is 24.7 Å². The summed E-state index contributed by atoms with van der Waals surface area (Å²) in [6, 6.07) is 7.95. The van der Waals surface area contributed by atoms with Gasteiger partial charge in [-0.25, -0.2) is 4.98 Å². The lowest BCUT2D eigenvalue weighted by molar-refractivity contribution is -0.130. The number of anilines is 1. The summed E-state index contributed by atoms with van der Waals surface area (Å²) in [6.45, 7) is 5.28. The van der Waals surface area contributed by atoms with Crippen LogP contribution in [0.4, 0.5) is 5.13 Å². The Bertz CT molecular complexity index is 907. The first-order valence-electron chi connectivity index (χ1n) is 9.52. The molecular weight excluding hydrogens is 374 g/mol. The standard InChI is InChI=1S/C19H23N7OS/c1-2-17-22-19(28-23-17)25-9-3-8-24(10-11-25)18(27)12-15-4-6-16(7-5-15)26-13-20-21-14-26/h4-7,13-14H,2-3,8-12H2,1H3. The van der Waals surface area contributed by atoms with E-state index in [1.165, 1.54) is 11.5 Å². The number of hydrogen-bond donors (Lipinski definition) is 0. The highest BCUT2D eigenvalue weighted by Gasteiger charge is 2.21. The molecule has 1 aliphatic rings. The monoisotopic (exact) mass is 397 g/mol. The molecule has 1 aliphatic heterocycles. The van der Waals surface area contributed by atoms with Crippen LogP contribution >= 0.6 is 11.5 Å². The van der Waals surface area contributed by atoms with E-state index in [4.69, 9.17) is 0 Å². The fourth-order valence-electron chi connectivity index (χ4n) is 3.28. The zero-order chi connectivity index (χ0) is 19.3. The molecule has 4 rings (SSSR count). The van der Waals surface area contributed by atoms with Gasteiger partial charge in [-0.15, -0.1) is 10.2 Å². The molecule has 9 heteroatoms. The number of aromatic nitrogens is 5. The second-order valence-corrected chi connectivity index (χ2v) is 7.51. The molecule has 146 valence electrons. The van der Waals surface area contributed by atoms with E-state index in [-0.39, 0.29) is 5.91 Å². The third-order valence-electron chi connectivity index (χ3n) is 4.90. The molecule has 0 unspecified atom stereocenters. The Morgan fingerprint density at radius 1 is 1.07 bits per heavy atom. The molecule has 1 aromatic carbocycles. The van der Waals surface area contributed by atoms with Gasteiger partial charge in [-0.1, -0.05) is 19.1 Å². The van der Waals surface area contributed by atoms with Crippen molar-refractivity contribution in [1.29, 1.82) is 0 Å². The molecule has 1 amide bonds. The smallest absolute Gasteiger partial charge is 0.227 e. The molecule has 1 saturated heterocycles. The molecule has 3 aromatic rings. The predicted octanol–water partition coefficient (Wildman–Crippen LogP) is 1.96. The quantitative estimate of drug-likeness (QED) is 0.655. The Balaban J connectivity index is 1.34. The first kappa shape index (κ1) is 18.5. The Morgan fingerprint density at radius 2 is 1.86 bits per heavy atom. The summed E-state index contributed by atoms with van der Waals surface area (Å²) in [6.07, 6.45) is 5.53. The van der Waals surface area contributed by atoms with E-state index in [0.29, 0.717) is 6.42 Å². The van der Waals surface area contributed by atoms with Gasteiger partial charge < -0.3 is 9.80 Å². The van der Waals surface area contributed by atoms with E-state index in [9.17, 15) is 4.79 Å². The average molecular weight is 398 g/mol. The van der Waals surface area contributed by atoms with Crippen molar-refractivity contribution in [2.75, 3.05) is 31.1 Å². The molecule has 0 spiro atoms. The number of rotatable bonds is 5. The van der Waals surface area contributed by atoms with Crippen LogP contribution in [0.2, 0.25) is 0 Å². The minimum atomic E-state index is 0.172. The zero-order valence-corrected chi connectivity index (χ0v) is 16.7. The zero-order valence-electron chi connectivity index (χ0n) is 15.9. The molecule has 0 aliphatic carbocycles. The number of benzene rings is 1. The molecule has 0 atom stereocenters. The van der Waals surface area contributed by atoms with Crippen LogP contribution in [0.25, 0.3) is 5.69 Å². The van der Waals surface area contributed by atoms with Crippen LogP contribution in [0, 0.1) is 0 Å². The van der Waals surface area contributed by atoms with Gasteiger partial charge in [-0.3, -0.25) is 9.36 Å². The topological polar surface area (TPSA) is 80.0 Å². The van der Waals surface area contributed by atoms with Crippen LogP contribution in [0.5, 0.6) is 0 Å². The molecule has 28 heavy (non-hydrogen) atoms. The first-order valence-corrected chi connectivity index (χ1v) is 10.3. The number of amides is 1. The third-order valence-corrected chi connectivity index (χ3v) is 5.72. The minimum Gasteiger partial charge on any atom is -0.345 e. The summed E-state index contributed by atoms with van der Waals surface area (Å²) in [4.78, 5) is 21.6. The van der Waals surface area contributed by atoms with Crippen molar-refractivity contribution >= 4 is 22.6 Å². The summed E-state index contributed by atoms with van der Waals surface area (Å²) in [7, 11) is 0. The average Bonchev–Trinajstić information content (AvgIpc) is 3.36. The van der Waals surface area contributed by atoms with Crippen LogP contribution in [-0.4, -0.2) is 61.1 Å². The number of hydrogen-bond acceptors (Lipinski definition) is 7. The van der Waals surface area contributed by atoms with Crippen molar-refractivity contribution in [2.24, 2.45) is 0 Å². The van der Waals surface area contributed by atoms with E-state index in [0.717, 1.165) is 61.2 Å². The number of nitrogens with zero attached hydrogens (tertiary/aromatic N) is 7. The molecule has 2 aromatic heterocycles. The highest BCUT2D eigenvalue weighted by atomic mass is 32.1. The lowest BCUT2D eigenvalue weighted by atomic mass is 10.1. The molecule has 0 bridgehead atoms. The van der Waals surface area contributed by atoms with Crippen molar-refractivity contribution in [3.63, 3.8) is 0 Å². The van der Waals surface area contributed by atoms with Gasteiger partial charge in [-0.05, 0) is 24.1 Å². The van der Waals surface area contributed by atoms with E-state index in [2.05, 4.69) is 31.4 Å². The lowest BCUT2D eigenvalue weighted by Gasteiger charge is -2.21. The molecule has 3 heterocycles. The lowest BCUT2D eigenvalue weighted by Crippen LogP contribution is -2.36. The molecule has 0 N–H and O–H groups in total. The summed E-state index contributed by atoms with van der Waals surface area (Å²) in [5.41, 5.74) is 2.00. The maximum atomic E-state index is 12.8. The van der Waals surface area contributed by atoms with Gasteiger partial charge in [0.2, 0.25) is 11.0 Å². The highest BCUT2D eigenvalue weighted by Crippen LogP contribution is 2.20. The minimum absolute atomic E-state index is 0.172. The predicted molar refractivity (Wildman–Crippen MR) is 108 cm³/mol. The van der Waals surface area contributed by atoms with Gasteiger partial charge in [0.15, 0.2) is 0 Å².